The second kappa shape index (κ2) is 15.4. The average Bonchev–Trinajstić information content (AvgIpc) is 2.99. The van der Waals surface area contributed by atoms with E-state index in [2.05, 4.69) is 36.3 Å². The molecule has 138 valence electrons. The molecule has 1 saturated heterocycles. The molecule has 1 aliphatic heterocycles. The van der Waals surface area contributed by atoms with E-state index < -0.39 is 0 Å². The van der Waals surface area contributed by atoms with Crippen LogP contribution in [0.25, 0.3) is 0 Å². The number of guanidine groups is 1. The molecular weight excluding hydrogens is 403 g/mol. The number of nitrogens with zero attached hydrogens (tertiary/aromatic N) is 2. The van der Waals surface area contributed by atoms with Gasteiger partial charge in [0, 0.05) is 32.3 Å². The summed E-state index contributed by atoms with van der Waals surface area (Å²) >= 11 is 0. The van der Waals surface area contributed by atoms with Crippen molar-refractivity contribution < 1.29 is 4.74 Å². The minimum Gasteiger partial charge on any atom is -0.381 e. The van der Waals surface area contributed by atoms with Gasteiger partial charge in [0.15, 0.2) is 5.96 Å². The lowest BCUT2D eigenvalue weighted by Crippen LogP contribution is -2.39. The van der Waals surface area contributed by atoms with Gasteiger partial charge in [0.05, 0.1) is 6.54 Å². The number of aliphatic imine (C=N–C) groups is 1. The van der Waals surface area contributed by atoms with Crippen LogP contribution >= 0.6 is 24.0 Å². The van der Waals surface area contributed by atoms with E-state index in [9.17, 15) is 0 Å². The third-order valence-electron chi connectivity index (χ3n) is 4.11. The maximum Gasteiger partial charge on any atom is 0.191 e. The van der Waals surface area contributed by atoms with Crippen molar-refractivity contribution in [3.63, 3.8) is 0 Å². The molecule has 0 radical (unpaired) electrons. The van der Waals surface area contributed by atoms with Crippen LogP contribution in [-0.4, -0.2) is 62.8 Å². The molecule has 0 amide bonds. The highest BCUT2D eigenvalue weighted by atomic mass is 127. The van der Waals surface area contributed by atoms with Crippen LogP contribution in [0, 0.1) is 0 Å². The Labute approximate surface area is 160 Å². The molecule has 0 saturated carbocycles. The van der Waals surface area contributed by atoms with Gasteiger partial charge in [-0.1, -0.05) is 20.3 Å². The topological polar surface area (TPSA) is 48.9 Å². The quantitative estimate of drug-likeness (QED) is 0.225. The van der Waals surface area contributed by atoms with E-state index in [0.29, 0.717) is 6.04 Å². The Balaban J connectivity index is 0.00000484. The summed E-state index contributed by atoms with van der Waals surface area (Å²) in [5.41, 5.74) is 0. The van der Waals surface area contributed by atoms with Crippen molar-refractivity contribution in [3.8, 4) is 0 Å². The molecular formula is C17H37IN4O. The normalized spacial score (nSPS) is 18.7. The van der Waals surface area contributed by atoms with E-state index in [1.807, 2.05) is 0 Å². The number of nitrogens with one attached hydrogen (secondary N) is 2. The first-order valence-corrected chi connectivity index (χ1v) is 9.15. The van der Waals surface area contributed by atoms with Crippen LogP contribution in [0.15, 0.2) is 4.99 Å². The van der Waals surface area contributed by atoms with E-state index in [1.165, 1.54) is 25.8 Å². The molecule has 5 nitrogen and oxygen atoms in total. The van der Waals surface area contributed by atoms with Crippen molar-refractivity contribution in [1.29, 1.82) is 0 Å². The van der Waals surface area contributed by atoms with Crippen LogP contribution in [0.5, 0.6) is 0 Å². The first-order chi connectivity index (χ1) is 10.8. The fourth-order valence-corrected chi connectivity index (χ4v) is 2.79. The van der Waals surface area contributed by atoms with Crippen molar-refractivity contribution in [2.75, 3.05) is 45.9 Å². The SMILES string of the molecule is CCCCOCCCNC(=NCC1CCCN1CC)NCC.I. The number of unbranched alkanes of at least 4 members (excludes halogenated alkanes) is 1. The summed E-state index contributed by atoms with van der Waals surface area (Å²) in [4.78, 5) is 7.29. The van der Waals surface area contributed by atoms with Gasteiger partial charge in [-0.2, -0.15) is 0 Å². The van der Waals surface area contributed by atoms with Crippen molar-refractivity contribution >= 4 is 29.9 Å². The molecule has 6 heteroatoms. The van der Waals surface area contributed by atoms with Gasteiger partial charge in [-0.15, -0.1) is 24.0 Å². The number of halogens is 1. The van der Waals surface area contributed by atoms with Crippen molar-refractivity contribution in [2.45, 2.75) is 58.9 Å². The Morgan fingerprint density at radius 3 is 2.65 bits per heavy atom. The molecule has 1 fully saturated rings. The van der Waals surface area contributed by atoms with Gasteiger partial charge in [0.2, 0.25) is 0 Å². The first kappa shape index (κ1) is 22.9. The summed E-state index contributed by atoms with van der Waals surface area (Å²) in [7, 11) is 0. The van der Waals surface area contributed by atoms with Crippen LogP contribution in [0.2, 0.25) is 0 Å². The molecule has 0 spiro atoms. The maximum absolute atomic E-state index is 5.58. The largest absolute Gasteiger partial charge is 0.381 e. The Morgan fingerprint density at radius 2 is 1.96 bits per heavy atom. The molecule has 0 bridgehead atoms. The standard InChI is InChI=1S/C17H36N4O.HI/c1-4-7-13-22-14-9-11-19-17(18-5-2)20-15-16-10-8-12-21(16)6-3;/h16H,4-15H2,1-3H3,(H2,18,19,20);1H. The molecule has 0 aliphatic carbocycles. The van der Waals surface area contributed by atoms with Crippen molar-refractivity contribution in [1.82, 2.24) is 15.5 Å². The lowest BCUT2D eigenvalue weighted by molar-refractivity contribution is 0.129. The third kappa shape index (κ3) is 10.4. The fraction of sp³-hybridized carbons (Fsp3) is 0.941. The fourth-order valence-electron chi connectivity index (χ4n) is 2.79. The Kier molecular flexibility index (Phi) is 15.4. The minimum absolute atomic E-state index is 0. The van der Waals surface area contributed by atoms with E-state index in [-0.39, 0.29) is 24.0 Å². The smallest absolute Gasteiger partial charge is 0.191 e. The van der Waals surface area contributed by atoms with Gasteiger partial charge in [-0.3, -0.25) is 9.89 Å². The number of rotatable bonds is 11. The summed E-state index contributed by atoms with van der Waals surface area (Å²) < 4.78 is 5.58. The molecule has 1 aliphatic rings. The van der Waals surface area contributed by atoms with E-state index in [0.717, 1.165) is 58.2 Å². The summed E-state index contributed by atoms with van der Waals surface area (Å²) in [6, 6.07) is 0.623. The minimum atomic E-state index is 0. The predicted molar refractivity (Wildman–Crippen MR) is 110 cm³/mol. The second-order valence-corrected chi connectivity index (χ2v) is 5.89. The van der Waals surface area contributed by atoms with E-state index in [1.54, 1.807) is 0 Å². The Hall–Kier alpha value is -0.0800. The zero-order chi connectivity index (χ0) is 16.0. The van der Waals surface area contributed by atoms with Crippen LogP contribution < -0.4 is 10.6 Å². The summed E-state index contributed by atoms with van der Waals surface area (Å²) in [6.45, 7) is 13.3. The zero-order valence-corrected chi connectivity index (χ0v) is 17.6. The molecule has 1 rings (SSSR count). The number of ether oxygens (including phenoxy) is 1. The van der Waals surface area contributed by atoms with Crippen LogP contribution in [-0.2, 0) is 4.74 Å². The van der Waals surface area contributed by atoms with E-state index in [4.69, 9.17) is 9.73 Å². The van der Waals surface area contributed by atoms with Crippen LogP contribution in [0.3, 0.4) is 0 Å². The van der Waals surface area contributed by atoms with Gasteiger partial charge >= 0.3 is 0 Å². The number of likely N-dealkylation sites (N-methyl/N-ethyl adjacent to an activating group) is 1. The monoisotopic (exact) mass is 440 g/mol. The molecule has 0 aromatic carbocycles. The van der Waals surface area contributed by atoms with Gasteiger partial charge in [-0.05, 0) is 45.7 Å². The van der Waals surface area contributed by atoms with Gasteiger partial charge in [0.25, 0.3) is 0 Å². The number of hydrogen-bond acceptors (Lipinski definition) is 3. The number of hydrogen-bond donors (Lipinski definition) is 2. The average molecular weight is 440 g/mol. The summed E-state index contributed by atoms with van der Waals surface area (Å²) in [5, 5.41) is 6.74. The summed E-state index contributed by atoms with van der Waals surface area (Å²) in [6.07, 6.45) is 5.98. The van der Waals surface area contributed by atoms with Crippen molar-refractivity contribution in [3.05, 3.63) is 0 Å². The number of likely N-dealkylation sites (tertiary alicyclic amines) is 1. The molecule has 2 N–H and O–H groups in total. The van der Waals surface area contributed by atoms with Gasteiger partial charge < -0.3 is 15.4 Å². The zero-order valence-electron chi connectivity index (χ0n) is 15.3. The molecule has 0 aromatic heterocycles. The van der Waals surface area contributed by atoms with Crippen molar-refractivity contribution in [2.24, 2.45) is 4.99 Å². The predicted octanol–water partition coefficient (Wildman–Crippen LogP) is 2.85. The Morgan fingerprint density at radius 1 is 1.17 bits per heavy atom. The highest BCUT2D eigenvalue weighted by Crippen LogP contribution is 2.16. The highest BCUT2D eigenvalue weighted by molar-refractivity contribution is 14.0. The highest BCUT2D eigenvalue weighted by Gasteiger charge is 2.22. The molecule has 1 atom stereocenters. The van der Waals surface area contributed by atoms with Crippen LogP contribution in [0.4, 0.5) is 0 Å². The molecule has 23 heavy (non-hydrogen) atoms. The second-order valence-electron chi connectivity index (χ2n) is 5.89. The first-order valence-electron chi connectivity index (χ1n) is 9.15. The molecule has 1 unspecified atom stereocenters. The molecule has 0 aromatic rings. The maximum atomic E-state index is 5.58. The Bertz CT molecular complexity index is 302. The lowest BCUT2D eigenvalue weighted by Gasteiger charge is -2.21. The van der Waals surface area contributed by atoms with Gasteiger partial charge in [-0.25, -0.2) is 0 Å². The summed E-state index contributed by atoms with van der Waals surface area (Å²) in [5.74, 6) is 0.944. The lowest BCUT2D eigenvalue weighted by atomic mass is 10.2. The van der Waals surface area contributed by atoms with Gasteiger partial charge in [0.1, 0.15) is 0 Å². The molecule has 1 heterocycles. The van der Waals surface area contributed by atoms with Crippen LogP contribution in [0.1, 0.15) is 52.9 Å². The third-order valence-corrected chi connectivity index (χ3v) is 4.11. The van der Waals surface area contributed by atoms with E-state index >= 15 is 0 Å².